The average Bonchev–Trinajstić information content (AvgIpc) is 3.23. The number of nitriles is 1. The van der Waals surface area contributed by atoms with E-state index in [0.717, 1.165) is 16.3 Å². The molecular formula is C23H19N3O. The van der Waals surface area contributed by atoms with Gasteiger partial charge in [-0.25, -0.2) is 4.98 Å². The Hall–Kier alpha value is -3.58. The molecule has 0 saturated heterocycles. The fourth-order valence-corrected chi connectivity index (χ4v) is 3.18. The van der Waals surface area contributed by atoms with Crippen LogP contribution in [0, 0.1) is 11.3 Å². The lowest BCUT2D eigenvalue weighted by Gasteiger charge is -2.27. The first kappa shape index (κ1) is 16.9. The van der Waals surface area contributed by atoms with Crippen LogP contribution in [0.3, 0.4) is 0 Å². The van der Waals surface area contributed by atoms with Crippen LogP contribution in [0.25, 0.3) is 10.8 Å². The monoisotopic (exact) mass is 353 g/mol. The number of ether oxygens (including phenoxy) is 1. The highest BCUT2D eigenvalue weighted by Crippen LogP contribution is 2.33. The SMILES string of the molecule is CC(C)(c1ccc(C#N)c(Oc2ccc3ccccc3c2)c1)n1ccnc1. The summed E-state index contributed by atoms with van der Waals surface area (Å²) in [5.41, 5.74) is 1.23. The van der Waals surface area contributed by atoms with Crippen LogP contribution < -0.4 is 4.74 Å². The standard InChI is InChI=1S/C23H19N3O/c1-23(2,26-12-11-25-16-26)20-9-7-19(15-24)22(14-20)27-21-10-8-17-5-3-4-6-18(17)13-21/h3-14,16H,1-2H3. The summed E-state index contributed by atoms with van der Waals surface area (Å²) in [7, 11) is 0. The zero-order valence-electron chi connectivity index (χ0n) is 15.3. The summed E-state index contributed by atoms with van der Waals surface area (Å²) in [6.07, 6.45) is 5.49. The molecule has 3 aromatic carbocycles. The van der Waals surface area contributed by atoms with Crippen molar-refractivity contribution in [2.24, 2.45) is 0 Å². The van der Waals surface area contributed by atoms with Crippen molar-refractivity contribution in [3.05, 3.63) is 90.5 Å². The second kappa shape index (κ2) is 6.62. The van der Waals surface area contributed by atoms with E-state index < -0.39 is 0 Å². The van der Waals surface area contributed by atoms with E-state index in [-0.39, 0.29) is 5.54 Å². The van der Waals surface area contributed by atoms with Gasteiger partial charge in [-0.1, -0.05) is 36.4 Å². The Morgan fingerprint density at radius 1 is 1.00 bits per heavy atom. The Balaban J connectivity index is 1.74. The van der Waals surface area contributed by atoms with Crippen LogP contribution >= 0.6 is 0 Å². The fourth-order valence-electron chi connectivity index (χ4n) is 3.18. The van der Waals surface area contributed by atoms with Crippen molar-refractivity contribution in [3.8, 4) is 17.6 Å². The number of hydrogen-bond donors (Lipinski definition) is 0. The van der Waals surface area contributed by atoms with Crippen LogP contribution in [0.1, 0.15) is 25.0 Å². The zero-order valence-corrected chi connectivity index (χ0v) is 15.3. The van der Waals surface area contributed by atoms with Crippen molar-refractivity contribution < 1.29 is 4.74 Å². The van der Waals surface area contributed by atoms with Crippen molar-refractivity contribution in [1.82, 2.24) is 9.55 Å². The summed E-state index contributed by atoms with van der Waals surface area (Å²) < 4.78 is 8.15. The molecule has 0 saturated carbocycles. The van der Waals surface area contributed by atoms with Gasteiger partial charge < -0.3 is 9.30 Å². The number of aromatic nitrogens is 2. The molecule has 0 N–H and O–H groups in total. The molecule has 0 aliphatic carbocycles. The Labute approximate surface area is 158 Å². The lowest BCUT2D eigenvalue weighted by molar-refractivity contribution is 0.429. The number of hydrogen-bond acceptors (Lipinski definition) is 3. The summed E-state index contributed by atoms with van der Waals surface area (Å²) in [6, 6.07) is 22.0. The molecule has 0 unspecified atom stereocenters. The molecule has 4 rings (SSSR count). The van der Waals surface area contributed by atoms with Crippen molar-refractivity contribution in [2.75, 3.05) is 0 Å². The average molecular weight is 353 g/mol. The minimum absolute atomic E-state index is 0.314. The fraction of sp³-hybridized carbons (Fsp3) is 0.130. The first-order valence-corrected chi connectivity index (χ1v) is 8.78. The van der Waals surface area contributed by atoms with Crippen molar-refractivity contribution in [1.29, 1.82) is 5.26 Å². The number of fused-ring (bicyclic) bond motifs is 1. The highest BCUT2D eigenvalue weighted by molar-refractivity contribution is 5.83. The Morgan fingerprint density at radius 2 is 1.81 bits per heavy atom. The Bertz CT molecular complexity index is 1140. The molecule has 0 atom stereocenters. The quantitative estimate of drug-likeness (QED) is 0.488. The van der Waals surface area contributed by atoms with E-state index in [1.54, 1.807) is 12.5 Å². The van der Waals surface area contributed by atoms with Gasteiger partial charge in [0.25, 0.3) is 0 Å². The predicted octanol–water partition coefficient (Wildman–Crippen LogP) is 5.48. The first-order chi connectivity index (χ1) is 13.1. The smallest absolute Gasteiger partial charge is 0.145 e. The van der Waals surface area contributed by atoms with Crippen LogP contribution in [0.5, 0.6) is 11.5 Å². The molecule has 4 nitrogen and oxygen atoms in total. The molecule has 4 heteroatoms. The zero-order chi connectivity index (χ0) is 18.9. The van der Waals surface area contributed by atoms with E-state index in [0.29, 0.717) is 17.1 Å². The summed E-state index contributed by atoms with van der Waals surface area (Å²) in [5.74, 6) is 1.27. The number of rotatable bonds is 4. The normalized spacial score (nSPS) is 11.3. The molecule has 0 aliphatic rings. The van der Waals surface area contributed by atoms with Gasteiger partial charge in [0.15, 0.2) is 0 Å². The molecule has 27 heavy (non-hydrogen) atoms. The molecule has 1 aromatic heterocycles. The maximum Gasteiger partial charge on any atom is 0.145 e. The summed E-state index contributed by atoms with van der Waals surface area (Å²) in [6.45, 7) is 4.21. The van der Waals surface area contributed by atoms with Crippen LogP contribution in [0.15, 0.2) is 79.4 Å². The largest absolute Gasteiger partial charge is 0.456 e. The summed E-state index contributed by atoms with van der Waals surface area (Å²) in [5, 5.41) is 11.8. The van der Waals surface area contributed by atoms with E-state index >= 15 is 0 Å². The van der Waals surface area contributed by atoms with Crippen LogP contribution in [-0.2, 0) is 5.54 Å². The molecule has 0 amide bonds. The highest BCUT2D eigenvalue weighted by atomic mass is 16.5. The van der Waals surface area contributed by atoms with E-state index in [4.69, 9.17) is 4.74 Å². The van der Waals surface area contributed by atoms with Gasteiger partial charge in [0.05, 0.1) is 17.4 Å². The third kappa shape index (κ3) is 3.16. The van der Waals surface area contributed by atoms with Crippen molar-refractivity contribution in [3.63, 3.8) is 0 Å². The highest BCUT2D eigenvalue weighted by Gasteiger charge is 2.23. The molecule has 1 heterocycles. The number of benzene rings is 3. The minimum Gasteiger partial charge on any atom is -0.456 e. The third-order valence-electron chi connectivity index (χ3n) is 4.91. The maximum absolute atomic E-state index is 9.50. The summed E-state index contributed by atoms with van der Waals surface area (Å²) in [4.78, 5) is 4.15. The van der Waals surface area contributed by atoms with Crippen LogP contribution in [0.2, 0.25) is 0 Å². The van der Waals surface area contributed by atoms with Crippen molar-refractivity contribution >= 4 is 10.8 Å². The van der Waals surface area contributed by atoms with E-state index in [1.165, 1.54) is 0 Å². The third-order valence-corrected chi connectivity index (χ3v) is 4.91. The van der Waals surface area contributed by atoms with Gasteiger partial charge in [-0.2, -0.15) is 5.26 Å². The summed E-state index contributed by atoms with van der Waals surface area (Å²) >= 11 is 0. The second-order valence-electron chi connectivity index (χ2n) is 6.96. The van der Waals surface area contributed by atoms with E-state index in [2.05, 4.69) is 31.0 Å². The lowest BCUT2D eigenvalue weighted by Crippen LogP contribution is -2.26. The van der Waals surface area contributed by atoms with Gasteiger partial charge in [-0.05, 0) is 54.4 Å². The predicted molar refractivity (Wildman–Crippen MR) is 106 cm³/mol. The molecule has 4 aromatic rings. The topological polar surface area (TPSA) is 50.8 Å². The van der Waals surface area contributed by atoms with Gasteiger partial charge in [0.1, 0.15) is 17.6 Å². The molecule has 0 fully saturated rings. The van der Waals surface area contributed by atoms with Gasteiger partial charge >= 0.3 is 0 Å². The van der Waals surface area contributed by atoms with Gasteiger partial charge in [-0.3, -0.25) is 0 Å². The molecule has 132 valence electrons. The number of nitrogens with zero attached hydrogens (tertiary/aromatic N) is 3. The minimum atomic E-state index is -0.314. The first-order valence-electron chi connectivity index (χ1n) is 8.78. The van der Waals surface area contributed by atoms with E-state index in [9.17, 15) is 5.26 Å². The second-order valence-corrected chi connectivity index (χ2v) is 6.96. The number of imidazole rings is 1. The van der Waals surface area contributed by atoms with Crippen molar-refractivity contribution in [2.45, 2.75) is 19.4 Å². The molecule has 0 spiro atoms. The van der Waals surface area contributed by atoms with Crippen LogP contribution in [0.4, 0.5) is 0 Å². The molecular weight excluding hydrogens is 334 g/mol. The molecule has 0 aliphatic heterocycles. The lowest BCUT2D eigenvalue weighted by atomic mass is 9.93. The Kier molecular flexibility index (Phi) is 4.13. The van der Waals surface area contributed by atoms with E-state index in [1.807, 2.05) is 65.4 Å². The molecule has 0 radical (unpaired) electrons. The molecule has 0 bridgehead atoms. The van der Waals surface area contributed by atoms with Crippen LogP contribution in [-0.4, -0.2) is 9.55 Å². The van der Waals surface area contributed by atoms with Gasteiger partial charge in [0, 0.05) is 12.4 Å². The van der Waals surface area contributed by atoms with Gasteiger partial charge in [-0.15, -0.1) is 0 Å². The van der Waals surface area contributed by atoms with Gasteiger partial charge in [0.2, 0.25) is 0 Å². The maximum atomic E-state index is 9.50. The Morgan fingerprint density at radius 3 is 2.56 bits per heavy atom.